The molecule has 0 saturated carbocycles. The Kier molecular flexibility index (Phi) is 2.60. The molecule has 0 nitrogen and oxygen atoms in total. The zero-order valence-electron chi connectivity index (χ0n) is 8.59. The van der Waals surface area contributed by atoms with E-state index >= 15 is 0 Å². The molecule has 0 fully saturated rings. The van der Waals surface area contributed by atoms with Crippen molar-refractivity contribution in [3.63, 3.8) is 0 Å². The predicted molar refractivity (Wildman–Crippen MR) is 73.1 cm³/mol. The summed E-state index contributed by atoms with van der Waals surface area (Å²) in [5.41, 5.74) is 2.60. The molecule has 0 spiro atoms. The smallest absolute Gasteiger partial charge is 0.0342 e. The Morgan fingerprint density at radius 2 is 1.00 bits per heavy atom. The average Bonchev–Trinajstić information content (AvgIpc) is 3.03. The van der Waals surface area contributed by atoms with Gasteiger partial charge in [0.2, 0.25) is 0 Å². The SMILES string of the molecule is c1csc(-c2ccc(-c3cccs3)cc2)c1. The van der Waals surface area contributed by atoms with E-state index in [-0.39, 0.29) is 0 Å². The third kappa shape index (κ3) is 1.82. The van der Waals surface area contributed by atoms with Crippen LogP contribution in [0.15, 0.2) is 59.3 Å². The lowest BCUT2D eigenvalue weighted by molar-refractivity contribution is 1.69. The van der Waals surface area contributed by atoms with Gasteiger partial charge in [-0.05, 0) is 34.0 Å². The maximum Gasteiger partial charge on any atom is 0.0342 e. The van der Waals surface area contributed by atoms with E-state index in [1.165, 1.54) is 20.9 Å². The third-order valence-electron chi connectivity index (χ3n) is 2.50. The highest BCUT2D eigenvalue weighted by atomic mass is 32.1. The van der Waals surface area contributed by atoms with E-state index < -0.39 is 0 Å². The van der Waals surface area contributed by atoms with Gasteiger partial charge in [0.15, 0.2) is 0 Å². The summed E-state index contributed by atoms with van der Waals surface area (Å²) in [6.07, 6.45) is 0. The Morgan fingerprint density at radius 1 is 0.562 bits per heavy atom. The van der Waals surface area contributed by atoms with Crippen LogP contribution in [0.25, 0.3) is 20.9 Å². The van der Waals surface area contributed by atoms with Crippen molar-refractivity contribution < 1.29 is 0 Å². The van der Waals surface area contributed by atoms with Gasteiger partial charge in [-0.25, -0.2) is 0 Å². The molecule has 0 saturated heterocycles. The first kappa shape index (κ1) is 9.82. The van der Waals surface area contributed by atoms with Gasteiger partial charge < -0.3 is 0 Å². The fourth-order valence-corrected chi connectivity index (χ4v) is 3.15. The van der Waals surface area contributed by atoms with Gasteiger partial charge in [0.05, 0.1) is 0 Å². The molecule has 16 heavy (non-hydrogen) atoms. The molecular formula is C14H10S2. The molecule has 2 heterocycles. The Hall–Kier alpha value is -1.38. The van der Waals surface area contributed by atoms with E-state index in [4.69, 9.17) is 0 Å². The molecule has 0 aliphatic carbocycles. The molecule has 78 valence electrons. The van der Waals surface area contributed by atoms with Crippen LogP contribution in [0.1, 0.15) is 0 Å². The molecule has 0 aliphatic heterocycles. The Bertz CT molecular complexity index is 492. The molecule has 3 aromatic rings. The summed E-state index contributed by atoms with van der Waals surface area (Å²) >= 11 is 3.56. The summed E-state index contributed by atoms with van der Waals surface area (Å²) in [6, 6.07) is 17.3. The first-order valence-corrected chi connectivity index (χ1v) is 6.87. The van der Waals surface area contributed by atoms with Gasteiger partial charge >= 0.3 is 0 Å². The van der Waals surface area contributed by atoms with Gasteiger partial charge in [-0.15, -0.1) is 22.7 Å². The van der Waals surface area contributed by atoms with Crippen LogP contribution in [0.2, 0.25) is 0 Å². The third-order valence-corrected chi connectivity index (χ3v) is 4.33. The second kappa shape index (κ2) is 4.24. The normalized spacial score (nSPS) is 10.5. The van der Waals surface area contributed by atoms with Gasteiger partial charge in [0, 0.05) is 9.75 Å². The zero-order valence-corrected chi connectivity index (χ0v) is 10.2. The van der Waals surface area contributed by atoms with Crippen molar-refractivity contribution >= 4 is 22.7 Å². The Morgan fingerprint density at radius 3 is 1.31 bits per heavy atom. The lowest BCUT2D eigenvalue weighted by atomic mass is 10.1. The number of hydrogen-bond donors (Lipinski definition) is 0. The van der Waals surface area contributed by atoms with E-state index in [0.29, 0.717) is 0 Å². The Labute approximate surface area is 103 Å². The van der Waals surface area contributed by atoms with Gasteiger partial charge in [0.25, 0.3) is 0 Å². The van der Waals surface area contributed by atoms with Crippen LogP contribution in [0.3, 0.4) is 0 Å². The molecule has 0 atom stereocenters. The largest absolute Gasteiger partial charge is 0.144 e. The summed E-state index contributed by atoms with van der Waals surface area (Å²) in [5, 5.41) is 4.23. The molecule has 0 aliphatic rings. The van der Waals surface area contributed by atoms with Crippen molar-refractivity contribution in [1.29, 1.82) is 0 Å². The summed E-state index contributed by atoms with van der Waals surface area (Å²) in [6.45, 7) is 0. The van der Waals surface area contributed by atoms with Crippen molar-refractivity contribution in [3.05, 3.63) is 59.3 Å². The fourth-order valence-electron chi connectivity index (χ4n) is 1.68. The first-order chi connectivity index (χ1) is 7.93. The molecule has 0 amide bonds. The fraction of sp³-hybridized carbons (Fsp3) is 0. The number of benzene rings is 1. The van der Waals surface area contributed by atoms with Crippen LogP contribution in [-0.2, 0) is 0 Å². The summed E-state index contributed by atoms with van der Waals surface area (Å²) in [5.74, 6) is 0. The van der Waals surface area contributed by atoms with E-state index in [0.717, 1.165) is 0 Å². The quantitative estimate of drug-likeness (QED) is 0.583. The van der Waals surface area contributed by atoms with Gasteiger partial charge in [-0.1, -0.05) is 36.4 Å². The van der Waals surface area contributed by atoms with Crippen LogP contribution < -0.4 is 0 Å². The Balaban J connectivity index is 1.97. The molecule has 2 aromatic heterocycles. The average molecular weight is 242 g/mol. The highest BCUT2D eigenvalue weighted by molar-refractivity contribution is 7.13. The van der Waals surface area contributed by atoms with Crippen molar-refractivity contribution in [2.75, 3.05) is 0 Å². The molecule has 1 aromatic carbocycles. The minimum absolute atomic E-state index is 1.30. The minimum Gasteiger partial charge on any atom is -0.144 e. The minimum atomic E-state index is 1.30. The van der Waals surface area contributed by atoms with Crippen LogP contribution in [0.5, 0.6) is 0 Å². The molecule has 0 radical (unpaired) electrons. The number of thiophene rings is 2. The van der Waals surface area contributed by atoms with Gasteiger partial charge in [-0.3, -0.25) is 0 Å². The highest BCUT2D eigenvalue weighted by Gasteiger charge is 2.00. The van der Waals surface area contributed by atoms with E-state index in [1.807, 2.05) is 0 Å². The van der Waals surface area contributed by atoms with Crippen LogP contribution in [-0.4, -0.2) is 0 Å². The van der Waals surface area contributed by atoms with Crippen LogP contribution in [0, 0.1) is 0 Å². The summed E-state index contributed by atoms with van der Waals surface area (Å²) in [7, 11) is 0. The second-order valence-electron chi connectivity index (χ2n) is 3.53. The van der Waals surface area contributed by atoms with Crippen LogP contribution >= 0.6 is 22.7 Å². The van der Waals surface area contributed by atoms with Crippen molar-refractivity contribution in [1.82, 2.24) is 0 Å². The molecule has 2 heteroatoms. The maximum absolute atomic E-state index is 2.20. The van der Waals surface area contributed by atoms with Crippen molar-refractivity contribution in [3.8, 4) is 20.9 Å². The molecule has 0 unspecified atom stereocenters. The number of hydrogen-bond acceptors (Lipinski definition) is 2. The van der Waals surface area contributed by atoms with E-state index in [9.17, 15) is 0 Å². The molecule has 0 N–H and O–H groups in total. The zero-order chi connectivity index (χ0) is 10.8. The van der Waals surface area contributed by atoms with Gasteiger partial charge in [-0.2, -0.15) is 0 Å². The monoisotopic (exact) mass is 242 g/mol. The summed E-state index contributed by atoms with van der Waals surface area (Å²) < 4.78 is 0. The standard InChI is InChI=1S/C14H10S2/c1-3-13(15-9-1)11-5-7-12(8-6-11)14-4-2-10-16-14/h1-10H. The second-order valence-corrected chi connectivity index (χ2v) is 5.43. The predicted octanol–water partition coefficient (Wildman–Crippen LogP) is 5.14. The lowest BCUT2D eigenvalue weighted by Crippen LogP contribution is -1.74. The van der Waals surface area contributed by atoms with Crippen molar-refractivity contribution in [2.45, 2.75) is 0 Å². The molecule has 3 rings (SSSR count). The van der Waals surface area contributed by atoms with Crippen LogP contribution in [0.4, 0.5) is 0 Å². The highest BCUT2D eigenvalue weighted by Crippen LogP contribution is 2.29. The number of rotatable bonds is 2. The van der Waals surface area contributed by atoms with E-state index in [2.05, 4.69) is 59.3 Å². The van der Waals surface area contributed by atoms with Crippen molar-refractivity contribution in [2.24, 2.45) is 0 Å². The molecule has 0 bridgehead atoms. The van der Waals surface area contributed by atoms with Gasteiger partial charge in [0.1, 0.15) is 0 Å². The molecular weight excluding hydrogens is 232 g/mol. The maximum atomic E-state index is 2.20. The van der Waals surface area contributed by atoms with E-state index in [1.54, 1.807) is 22.7 Å². The summed E-state index contributed by atoms with van der Waals surface area (Å²) in [4.78, 5) is 2.66. The lowest BCUT2D eigenvalue weighted by Gasteiger charge is -2.00. The first-order valence-electron chi connectivity index (χ1n) is 5.11. The topological polar surface area (TPSA) is 0 Å².